The second-order valence-corrected chi connectivity index (χ2v) is 6.74. The predicted molar refractivity (Wildman–Crippen MR) is 118 cm³/mol. The van der Waals surface area contributed by atoms with Gasteiger partial charge in [-0.15, -0.1) is 24.0 Å². The van der Waals surface area contributed by atoms with Crippen molar-refractivity contribution in [3.63, 3.8) is 0 Å². The number of aromatic nitrogens is 1. The van der Waals surface area contributed by atoms with E-state index in [1.165, 1.54) is 5.56 Å². The summed E-state index contributed by atoms with van der Waals surface area (Å²) in [7, 11) is 1.76. The second kappa shape index (κ2) is 10.7. The average molecular weight is 484 g/mol. The summed E-state index contributed by atoms with van der Waals surface area (Å²) in [6.45, 7) is 8.29. The van der Waals surface area contributed by atoms with Gasteiger partial charge in [0.25, 0.3) is 0 Å². The van der Waals surface area contributed by atoms with Crippen molar-refractivity contribution in [1.29, 1.82) is 0 Å². The third-order valence-electron chi connectivity index (χ3n) is 4.56. The number of aliphatic imine (C=N–C) groups is 1. The SMILES string of the molecule is CCNC(=NCc1coc(-c2ccc(C)cc2)n1)N1CCC(COC)C1.I. The molecule has 1 unspecified atom stereocenters. The van der Waals surface area contributed by atoms with Gasteiger partial charge in [0.05, 0.1) is 13.2 Å². The van der Waals surface area contributed by atoms with Crippen LogP contribution < -0.4 is 5.32 Å². The molecule has 0 bridgehead atoms. The summed E-state index contributed by atoms with van der Waals surface area (Å²) in [5, 5.41) is 3.38. The summed E-state index contributed by atoms with van der Waals surface area (Å²) < 4.78 is 10.9. The van der Waals surface area contributed by atoms with Gasteiger partial charge in [-0.2, -0.15) is 0 Å². The van der Waals surface area contributed by atoms with Crippen molar-refractivity contribution >= 4 is 29.9 Å². The maximum Gasteiger partial charge on any atom is 0.226 e. The molecule has 0 radical (unpaired) electrons. The van der Waals surface area contributed by atoms with Crippen LogP contribution in [-0.2, 0) is 11.3 Å². The minimum absolute atomic E-state index is 0. The fraction of sp³-hybridized carbons (Fsp3) is 0.500. The lowest BCUT2D eigenvalue weighted by molar-refractivity contribution is 0.157. The molecule has 1 aliphatic rings. The lowest BCUT2D eigenvalue weighted by Gasteiger charge is -2.21. The van der Waals surface area contributed by atoms with Crippen LogP contribution in [-0.4, -0.2) is 49.2 Å². The normalized spacial score (nSPS) is 17.1. The summed E-state index contributed by atoms with van der Waals surface area (Å²) in [4.78, 5) is 11.6. The number of hydrogen-bond acceptors (Lipinski definition) is 4. The zero-order valence-corrected chi connectivity index (χ0v) is 18.6. The number of ether oxygens (including phenoxy) is 1. The van der Waals surface area contributed by atoms with Gasteiger partial charge in [-0.25, -0.2) is 9.98 Å². The Morgan fingerprint density at radius 3 is 2.85 bits per heavy atom. The van der Waals surface area contributed by atoms with E-state index in [-0.39, 0.29) is 24.0 Å². The number of hydrogen-bond donors (Lipinski definition) is 1. The fourth-order valence-corrected chi connectivity index (χ4v) is 3.19. The summed E-state index contributed by atoms with van der Waals surface area (Å²) in [5.41, 5.74) is 3.04. The predicted octanol–water partition coefficient (Wildman–Crippen LogP) is 3.70. The molecule has 27 heavy (non-hydrogen) atoms. The molecule has 6 nitrogen and oxygen atoms in total. The van der Waals surface area contributed by atoms with Crippen molar-refractivity contribution in [1.82, 2.24) is 15.2 Å². The van der Waals surface area contributed by atoms with E-state index in [1.54, 1.807) is 13.4 Å². The lowest BCUT2D eigenvalue weighted by Crippen LogP contribution is -2.40. The summed E-state index contributed by atoms with van der Waals surface area (Å²) >= 11 is 0. The molecule has 2 heterocycles. The highest BCUT2D eigenvalue weighted by Crippen LogP contribution is 2.20. The topological polar surface area (TPSA) is 62.9 Å². The van der Waals surface area contributed by atoms with Gasteiger partial charge in [0.15, 0.2) is 5.96 Å². The van der Waals surface area contributed by atoms with E-state index >= 15 is 0 Å². The van der Waals surface area contributed by atoms with Crippen molar-refractivity contribution in [2.45, 2.75) is 26.8 Å². The van der Waals surface area contributed by atoms with Crippen LogP contribution in [0, 0.1) is 12.8 Å². The molecule has 3 rings (SSSR count). The van der Waals surface area contributed by atoms with E-state index in [4.69, 9.17) is 14.1 Å². The first-order valence-corrected chi connectivity index (χ1v) is 9.23. The Morgan fingerprint density at radius 2 is 2.15 bits per heavy atom. The lowest BCUT2D eigenvalue weighted by atomic mass is 10.1. The van der Waals surface area contributed by atoms with Gasteiger partial charge in [-0.1, -0.05) is 17.7 Å². The Bertz CT molecular complexity index is 730. The number of guanidine groups is 1. The van der Waals surface area contributed by atoms with Gasteiger partial charge in [0.2, 0.25) is 5.89 Å². The average Bonchev–Trinajstić information content (AvgIpc) is 3.29. The molecule has 2 aromatic rings. The molecule has 1 aliphatic heterocycles. The molecule has 148 valence electrons. The number of methoxy groups -OCH3 is 1. The Labute approximate surface area is 178 Å². The first-order chi connectivity index (χ1) is 12.7. The Hall–Kier alpha value is -1.61. The molecular weight excluding hydrogens is 455 g/mol. The Morgan fingerprint density at radius 1 is 1.37 bits per heavy atom. The van der Waals surface area contributed by atoms with Crippen LogP contribution in [0.2, 0.25) is 0 Å². The van der Waals surface area contributed by atoms with Crippen molar-refractivity contribution < 1.29 is 9.15 Å². The number of nitrogens with zero attached hydrogens (tertiary/aromatic N) is 3. The van der Waals surface area contributed by atoms with Crippen LogP contribution in [0.4, 0.5) is 0 Å². The monoisotopic (exact) mass is 484 g/mol. The third kappa shape index (κ3) is 5.93. The highest BCUT2D eigenvalue weighted by molar-refractivity contribution is 14.0. The van der Waals surface area contributed by atoms with E-state index in [9.17, 15) is 0 Å². The van der Waals surface area contributed by atoms with Gasteiger partial charge >= 0.3 is 0 Å². The third-order valence-corrected chi connectivity index (χ3v) is 4.56. The number of nitrogens with one attached hydrogen (secondary N) is 1. The maximum absolute atomic E-state index is 5.63. The van der Waals surface area contributed by atoms with Gasteiger partial charge in [-0.3, -0.25) is 0 Å². The number of benzene rings is 1. The van der Waals surface area contributed by atoms with Gasteiger partial charge in [0, 0.05) is 38.2 Å². The van der Waals surface area contributed by atoms with Crippen LogP contribution in [0.25, 0.3) is 11.5 Å². The first kappa shape index (κ1) is 21.7. The minimum atomic E-state index is 0. The molecule has 1 atom stereocenters. The maximum atomic E-state index is 5.63. The number of likely N-dealkylation sites (tertiary alicyclic amines) is 1. The van der Waals surface area contributed by atoms with Crippen molar-refractivity contribution in [2.24, 2.45) is 10.9 Å². The van der Waals surface area contributed by atoms with Crippen molar-refractivity contribution in [3.8, 4) is 11.5 Å². The van der Waals surface area contributed by atoms with Gasteiger partial charge < -0.3 is 19.4 Å². The van der Waals surface area contributed by atoms with Gasteiger partial charge in [-0.05, 0) is 32.4 Å². The molecule has 1 aromatic carbocycles. The standard InChI is InChI=1S/C20H28N4O2.HI/c1-4-21-20(24-10-9-16(12-24)13-25-3)22-11-18-14-26-19(23-18)17-7-5-15(2)6-8-17;/h5-8,14,16H,4,9-13H2,1-3H3,(H,21,22);1H. The van der Waals surface area contributed by atoms with E-state index in [0.717, 1.165) is 49.9 Å². The molecule has 0 saturated carbocycles. The molecule has 0 amide bonds. The zero-order valence-electron chi connectivity index (χ0n) is 16.3. The van der Waals surface area contributed by atoms with E-state index < -0.39 is 0 Å². The van der Waals surface area contributed by atoms with Crippen molar-refractivity contribution in [2.75, 3.05) is 33.4 Å². The number of rotatable bonds is 6. The molecule has 0 aliphatic carbocycles. The number of aryl methyl sites for hydroxylation is 1. The van der Waals surface area contributed by atoms with E-state index in [2.05, 4.69) is 41.2 Å². The van der Waals surface area contributed by atoms with Crippen LogP contribution in [0.15, 0.2) is 39.9 Å². The van der Waals surface area contributed by atoms with E-state index in [0.29, 0.717) is 18.4 Å². The molecule has 1 fully saturated rings. The zero-order chi connectivity index (χ0) is 18.4. The van der Waals surface area contributed by atoms with Gasteiger partial charge in [0.1, 0.15) is 12.0 Å². The Balaban J connectivity index is 0.00000261. The smallest absolute Gasteiger partial charge is 0.226 e. The highest BCUT2D eigenvalue weighted by atomic mass is 127. The number of halogens is 1. The molecule has 0 spiro atoms. The van der Waals surface area contributed by atoms with Crippen LogP contribution in [0.1, 0.15) is 24.6 Å². The second-order valence-electron chi connectivity index (χ2n) is 6.74. The fourth-order valence-electron chi connectivity index (χ4n) is 3.19. The van der Waals surface area contributed by atoms with Crippen LogP contribution in [0.5, 0.6) is 0 Å². The summed E-state index contributed by atoms with van der Waals surface area (Å²) in [5.74, 6) is 2.15. The molecule has 1 N–H and O–H groups in total. The highest BCUT2D eigenvalue weighted by Gasteiger charge is 2.24. The van der Waals surface area contributed by atoms with Crippen molar-refractivity contribution in [3.05, 3.63) is 41.8 Å². The molecule has 1 aromatic heterocycles. The summed E-state index contributed by atoms with van der Waals surface area (Å²) in [6.07, 6.45) is 2.83. The molecular formula is C20H29IN4O2. The number of oxazole rings is 1. The quantitative estimate of drug-likeness (QED) is 0.385. The summed E-state index contributed by atoms with van der Waals surface area (Å²) in [6, 6.07) is 8.17. The largest absolute Gasteiger partial charge is 0.444 e. The minimum Gasteiger partial charge on any atom is -0.444 e. The van der Waals surface area contributed by atoms with E-state index in [1.807, 2.05) is 12.1 Å². The Kier molecular flexibility index (Phi) is 8.56. The van der Waals surface area contributed by atoms with Crippen LogP contribution in [0.3, 0.4) is 0 Å². The molecule has 1 saturated heterocycles. The molecule has 7 heteroatoms. The van der Waals surface area contributed by atoms with Crippen LogP contribution >= 0.6 is 24.0 Å². The first-order valence-electron chi connectivity index (χ1n) is 9.23.